The summed E-state index contributed by atoms with van der Waals surface area (Å²) in [5.74, 6) is 1.05. The Morgan fingerprint density at radius 2 is 1.79 bits per heavy atom. The number of carbonyl (C=O) groups excluding carboxylic acids is 2. The third-order valence-electron chi connectivity index (χ3n) is 7.26. The van der Waals surface area contributed by atoms with E-state index in [2.05, 4.69) is 21.9 Å². The minimum absolute atomic E-state index is 0.141. The van der Waals surface area contributed by atoms with Gasteiger partial charge in [-0.3, -0.25) is 14.5 Å². The van der Waals surface area contributed by atoms with Crippen LogP contribution in [0, 0.1) is 5.92 Å². The molecule has 2 amide bonds. The van der Waals surface area contributed by atoms with E-state index >= 15 is 0 Å². The van der Waals surface area contributed by atoms with E-state index in [1.807, 2.05) is 17.0 Å². The van der Waals surface area contributed by atoms with Gasteiger partial charge in [0.1, 0.15) is 0 Å². The van der Waals surface area contributed by atoms with Crippen molar-refractivity contribution in [3.05, 3.63) is 29.8 Å². The van der Waals surface area contributed by atoms with Gasteiger partial charge in [0.05, 0.1) is 0 Å². The summed E-state index contributed by atoms with van der Waals surface area (Å²) in [7, 11) is 0. The van der Waals surface area contributed by atoms with Gasteiger partial charge >= 0.3 is 0 Å². The Morgan fingerprint density at radius 3 is 2.50 bits per heavy atom. The molecular formula is C23H31N3O2. The van der Waals surface area contributed by atoms with Gasteiger partial charge in [-0.2, -0.15) is 0 Å². The van der Waals surface area contributed by atoms with Crippen molar-refractivity contribution in [1.82, 2.24) is 9.80 Å². The van der Waals surface area contributed by atoms with Crippen molar-refractivity contribution in [3.8, 4) is 0 Å². The van der Waals surface area contributed by atoms with Crippen LogP contribution in [0.1, 0.15) is 56.4 Å². The van der Waals surface area contributed by atoms with Gasteiger partial charge in [-0.05, 0) is 55.7 Å². The Hall–Kier alpha value is -1.88. The lowest BCUT2D eigenvalue weighted by atomic mass is 9.91. The third-order valence-corrected chi connectivity index (χ3v) is 7.26. The Balaban J connectivity index is 1.19. The molecule has 2 atom stereocenters. The highest BCUT2D eigenvalue weighted by Crippen LogP contribution is 2.49. The zero-order valence-corrected chi connectivity index (χ0v) is 16.7. The van der Waals surface area contributed by atoms with Crippen molar-refractivity contribution < 1.29 is 9.59 Å². The molecule has 2 saturated heterocycles. The molecule has 5 rings (SSSR count). The largest absolute Gasteiger partial charge is 0.340 e. The Bertz CT molecular complexity index is 752. The first kappa shape index (κ1) is 18.2. The normalized spacial score (nSPS) is 28.9. The average Bonchev–Trinajstić information content (AvgIpc) is 3.48. The maximum atomic E-state index is 13.0. The Kier molecular flexibility index (Phi) is 4.87. The van der Waals surface area contributed by atoms with Gasteiger partial charge in [0.15, 0.2) is 0 Å². The van der Waals surface area contributed by atoms with Crippen molar-refractivity contribution in [2.24, 2.45) is 5.92 Å². The van der Waals surface area contributed by atoms with Gasteiger partial charge in [0.25, 0.3) is 0 Å². The number of rotatable bonds is 4. The fourth-order valence-corrected chi connectivity index (χ4v) is 5.13. The predicted octanol–water partition coefficient (Wildman–Crippen LogP) is 3.00. The molecule has 0 bridgehead atoms. The van der Waals surface area contributed by atoms with Crippen LogP contribution in [-0.4, -0.2) is 60.4 Å². The highest BCUT2D eigenvalue weighted by molar-refractivity contribution is 5.94. The first-order valence-corrected chi connectivity index (χ1v) is 11.1. The van der Waals surface area contributed by atoms with Crippen molar-refractivity contribution in [1.29, 1.82) is 0 Å². The number of anilines is 1. The lowest BCUT2D eigenvalue weighted by molar-refractivity contribution is -0.135. The summed E-state index contributed by atoms with van der Waals surface area (Å²) >= 11 is 0. The van der Waals surface area contributed by atoms with Gasteiger partial charge in [0.2, 0.25) is 11.8 Å². The Morgan fingerprint density at radius 1 is 0.964 bits per heavy atom. The molecule has 4 fully saturated rings. The molecule has 0 radical (unpaired) electrons. The molecule has 5 heteroatoms. The molecule has 0 N–H and O–H groups in total. The smallest absolute Gasteiger partial charge is 0.226 e. The van der Waals surface area contributed by atoms with E-state index in [4.69, 9.17) is 0 Å². The number of benzene rings is 1. The quantitative estimate of drug-likeness (QED) is 0.805. The summed E-state index contributed by atoms with van der Waals surface area (Å²) in [5.41, 5.74) is 2.23. The van der Waals surface area contributed by atoms with E-state index < -0.39 is 0 Å². The van der Waals surface area contributed by atoms with Crippen LogP contribution in [0.5, 0.6) is 0 Å². The number of amides is 2. The van der Waals surface area contributed by atoms with E-state index in [0.717, 1.165) is 63.7 Å². The number of piperidine rings is 1. The van der Waals surface area contributed by atoms with E-state index in [1.54, 1.807) is 0 Å². The minimum atomic E-state index is 0.141. The monoisotopic (exact) mass is 381 g/mol. The number of carbonyl (C=O) groups is 2. The molecule has 2 saturated carbocycles. The summed E-state index contributed by atoms with van der Waals surface area (Å²) in [6.45, 7) is 4.68. The summed E-state index contributed by atoms with van der Waals surface area (Å²) in [6.07, 6.45) is 7.74. The molecular weight excluding hydrogens is 350 g/mol. The molecule has 2 aliphatic carbocycles. The standard InChI is InChI=1S/C23H31N3O2/c27-22-9-1-2-10-26(22)19-8-3-5-17(15-19)20-16-21(20)23(28)25-13-11-24(12-14-25)18-6-4-7-18/h3,5,8,15,18,20-21H,1-2,4,6-7,9-14,16H2/t20?,21-/m0/s1. The van der Waals surface area contributed by atoms with Crippen LogP contribution in [0.4, 0.5) is 5.69 Å². The molecule has 1 unspecified atom stereocenters. The van der Waals surface area contributed by atoms with Gasteiger partial charge in [-0.15, -0.1) is 0 Å². The van der Waals surface area contributed by atoms with Crippen LogP contribution in [0.3, 0.4) is 0 Å². The molecule has 1 aromatic rings. The molecule has 5 nitrogen and oxygen atoms in total. The third kappa shape index (κ3) is 3.45. The topological polar surface area (TPSA) is 43.9 Å². The molecule has 150 valence electrons. The summed E-state index contributed by atoms with van der Waals surface area (Å²) in [6, 6.07) is 9.14. The van der Waals surface area contributed by atoms with E-state index in [0.29, 0.717) is 18.2 Å². The van der Waals surface area contributed by atoms with Crippen molar-refractivity contribution >= 4 is 17.5 Å². The minimum Gasteiger partial charge on any atom is -0.340 e. The molecule has 2 heterocycles. The molecule has 0 aromatic heterocycles. The number of nitrogens with zero attached hydrogens (tertiary/aromatic N) is 3. The fraction of sp³-hybridized carbons (Fsp3) is 0.652. The van der Waals surface area contributed by atoms with Crippen LogP contribution < -0.4 is 4.90 Å². The summed E-state index contributed by atoms with van der Waals surface area (Å²) in [4.78, 5) is 31.8. The Labute approximate surface area is 167 Å². The molecule has 28 heavy (non-hydrogen) atoms. The maximum absolute atomic E-state index is 13.0. The van der Waals surface area contributed by atoms with Gasteiger partial charge in [-0.25, -0.2) is 0 Å². The number of piperazine rings is 1. The molecule has 4 aliphatic rings. The summed E-state index contributed by atoms with van der Waals surface area (Å²) < 4.78 is 0. The highest BCUT2D eigenvalue weighted by atomic mass is 16.2. The number of hydrogen-bond acceptors (Lipinski definition) is 3. The van der Waals surface area contributed by atoms with Gasteiger partial charge < -0.3 is 9.80 Å². The second-order valence-electron chi connectivity index (χ2n) is 8.99. The second-order valence-corrected chi connectivity index (χ2v) is 8.99. The van der Waals surface area contributed by atoms with Crippen molar-refractivity contribution in [2.75, 3.05) is 37.6 Å². The van der Waals surface area contributed by atoms with Crippen LogP contribution in [-0.2, 0) is 9.59 Å². The zero-order chi connectivity index (χ0) is 19.1. The van der Waals surface area contributed by atoms with Crippen molar-refractivity contribution in [3.63, 3.8) is 0 Å². The second kappa shape index (κ2) is 7.51. The maximum Gasteiger partial charge on any atom is 0.226 e. The summed E-state index contributed by atoms with van der Waals surface area (Å²) in [5, 5.41) is 0. The number of hydrogen-bond donors (Lipinski definition) is 0. The predicted molar refractivity (Wildman–Crippen MR) is 109 cm³/mol. The molecule has 2 aliphatic heterocycles. The van der Waals surface area contributed by atoms with E-state index in [1.165, 1.54) is 24.8 Å². The first-order chi connectivity index (χ1) is 13.7. The average molecular weight is 382 g/mol. The lowest BCUT2D eigenvalue weighted by Crippen LogP contribution is -2.53. The fourth-order valence-electron chi connectivity index (χ4n) is 5.13. The van der Waals surface area contributed by atoms with Gasteiger partial charge in [-0.1, -0.05) is 18.6 Å². The SMILES string of the molecule is O=C([C@H]1CC1c1cccc(N2CCCCC2=O)c1)N1CCN(C2CCC2)CC1. The lowest BCUT2D eigenvalue weighted by Gasteiger charge is -2.43. The zero-order valence-electron chi connectivity index (χ0n) is 16.7. The van der Waals surface area contributed by atoms with E-state index in [9.17, 15) is 9.59 Å². The van der Waals surface area contributed by atoms with Crippen LogP contribution in [0.25, 0.3) is 0 Å². The highest BCUT2D eigenvalue weighted by Gasteiger charge is 2.46. The van der Waals surface area contributed by atoms with E-state index in [-0.39, 0.29) is 11.8 Å². The molecule has 1 aromatic carbocycles. The van der Waals surface area contributed by atoms with Crippen LogP contribution in [0.15, 0.2) is 24.3 Å². The van der Waals surface area contributed by atoms with Crippen LogP contribution >= 0.6 is 0 Å². The molecule has 0 spiro atoms. The van der Waals surface area contributed by atoms with Crippen molar-refractivity contribution in [2.45, 2.75) is 56.9 Å². The van der Waals surface area contributed by atoms with Crippen LogP contribution in [0.2, 0.25) is 0 Å². The first-order valence-electron chi connectivity index (χ1n) is 11.1. The van der Waals surface area contributed by atoms with Gasteiger partial charge in [0, 0.05) is 56.8 Å².